The topological polar surface area (TPSA) is 91.8 Å². The standard InChI is InChI=1S/C25H31N3O4/c1-16(2)11-13-32-24-18(23(29)26-12-10-17-6-4-3-5-7-17)8-9-21(27-24)28-14-19-20(15-28)22(19)25(30)31/h3-9,16,19-20,22H,10-15H2,1-2H3,(H,26,29)(H,30,31)/t19-,20+,22?. The van der Waals surface area contributed by atoms with Gasteiger partial charge in [0.15, 0.2) is 0 Å². The molecule has 7 heteroatoms. The van der Waals surface area contributed by atoms with Crippen LogP contribution in [0.25, 0.3) is 0 Å². The average molecular weight is 438 g/mol. The highest BCUT2D eigenvalue weighted by atomic mass is 16.5. The third kappa shape index (κ3) is 5.03. The van der Waals surface area contributed by atoms with E-state index in [9.17, 15) is 14.7 Å². The Morgan fingerprint density at radius 2 is 1.88 bits per heavy atom. The van der Waals surface area contributed by atoms with Crippen LogP contribution in [0.15, 0.2) is 42.5 Å². The molecule has 2 aliphatic rings. The number of fused-ring (bicyclic) bond motifs is 1. The Morgan fingerprint density at radius 1 is 1.16 bits per heavy atom. The number of rotatable bonds is 10. The molecular weight excluding hydrogens is 406 g/mol. The van der Waals surface area contributed by atoms with Crippen molar-refractivity contribution in [3.8, 4) is 5.88 Å². The molecule has 0 radical (unpaired) electrons. The number of nitrogens with zero attached hydrogens (tertiary/aromatic N) is 2. The predicted molar refractivity (Wildman–Crippen MR) is 122 cm³/mol. The molecular formula is C25H31N3O4. The lowest BCUT2D eigenvalue weighted by Gasteiger charge is -2.22. The fraction of sp³-hybridized carbons (Fsp3) is 0.480. The van der Waals surface area contributed by atoms with E-state index in [2.05, 4.69) is 29.0 Å². The van der Waals surface area contributed by atoms with Gasteiger partial charge >= 0.3 is 5.97 Å². The van der Waals surface area contributed by atoms with Crippen LogP contribution >= 0.6 is 0 Å². The van der Waals surface area contributed by atoms with Gasteiger partial charge in [0.05, 0.1) is 12.5 Å². The lowest BCUT2D eigenvalue weighted by molar-refractivity contribution is -0.139. The number of aromatic nitrogens is 1. The zero-order valence-electron chi connectivity index (χ0n) is 18.7. The fourth-order valence-corrected chi connectivity index (χ4v) is 4.42. The second-order valence-corrected chi connectivity index (χ2v) is 9.14. The smallest absolute Gasteiger partial charge is 0.307 e. The number of ether oxygens (including phenoxy) is 1. The average Bonchev–Trinajstić information content (AvgIpc) is 3.29. The van der Waals surface area contributed by atoms with Crippen molar-refractivity contribution in [2.24, 2.45) is 23.7 Å². The van der Waals surface area contributed by atoms with Gasteiger partial charge in [0.25, 0.3) is 5.91 Å². The number of carboxylic acids is 1. The first-order chi connectivity index (χ1) is 15.4. The van der Waals surface area contributed by atoms with Crippen molar-refractivity contribution in [3.63, 3.8) is 0 Å². The van der Waals surface area contributed by atoms with Gasteiger partial charge in [-0.15, -0.1) is 0 Å². The summed E-state index contributed by atoms with van der Waals surface area (Å²) in [5.41, 5.74) is 1.60. The summed E-state index contributed by atoms with van der Waals surface area (Å²) in [6.07, 6.45) is 1.62. The molecule has 4 rings (SSSR count). The summed E-state index contributed by atoms with van der Waals surface area (Å²) in [6, 6.07) is 13.6. The summed E-state index contributed by atoms with van der Waals surface area (Å²) in [7, 11) is 0. The molecule has 1 aliphatic heterocycles. The van der Waals surface area contributed by atoms with E-state index < -0.39 is 5.97 Å². The van der Waals surface area contributed by atoms with Crippen LogP contribution < -0.4 is 15.0 Å². The van der Waals surface area contributed by atoms with Gasteiger partial charge < -0.3 is 20.1 Å². The number of amides is 1. The zero-order chi connectivity index (χ0) is 22.7. The Bertz CT molecular complexity index is 951. The molecule has 1 saturated heterocycles. The second-order valence-electron chi connectivity index (χ2n) is 9.14. The van der Waals surface area contributed by atoms with Crippen molar-refractivity contribution < 1.29 is 19.4 Å². The number of carboxylic acid groups (broad SMARTS) is 1. The molecule has 1 aliphatic carbocycles. The highest BCUT2D eigenvalue weighted by Gasteiger charge is 2.60. The SMILES string of the molecule is CC(C)CCOc1nc(N2C[C@@H]3C(C(=O)O)[C@@H]3C2)ccc1C(=O)NCCc1ccccc1. The lowest BCUT2D eigenvalue weighted by Crippen LogP contribution is -2.29. The number of aliphatic carboxylic acids is 1. The molecule has 0 spiro atoms. The Hall–Kier alpha value is -3.09. The molecule has 1 unspecified atom stereocenters. The van der Waals surface area contributed by atoms with Gasteiger partial charge in [-0.1, -0.05) is 44.2 Å². The van der Waals surface area contributed by atoms with Crippen molar-refractivity contribution in [1.29, 1.82) is 0 Å². The van der Waals surface area contributed by atoms with E-state index in [4.69, 9.17) is 4.74 Å². The number of pyridine rings is 1. The quantitative estimate of drug-likeness (QED) is 0.593. The minimum Gasteiger partial charge on any atom is -0.481 e. The van der Waals surface area contributed by atoms with Gasteiger partial charge in [0.1, 0.15) is 11.4 Å². The van der Waals surface area contributed by atoms with Crippen LogP contribution in [0.4, 0.5) is 5.82 Å². The van der Waals surface area contributed by atoms with Gasteiger partial charge in [-0.3, -0.25) is 9.59 Å². The van der Waals surface area contributed by atoms with E-state index >= 15 is 0 Å². The van der Waals surface area contributed by atoms with E-state index in [-0.39, 0.29) is 23.7 Å². The Labute approximate surface area is 188 Å². The summed E-state index contributed by atoms with van der Waals surface area (Å²) in [5.74, 6) is 0.837. The minimum atomic E-state index is -0.701. The largest absolute Gasteiger partial charge is 0.481 e. The van der Waals surface area contributed by atoms with Crippen molar-refractivity contribution in [3.05, 3.63) is 53.6 Å². The van der Waals surface area contributed by atoms with Crippen LogP contribution in [-0.2, 0) is 11.2 Å². The molecule has 2 N–H and O–H groups in total. The van der Waals surface area contributed by atoms with E-state index in [1.54, 1.807) is 6.07 Å². The van der Waals surface area contributed by atoms with E-state index in [1.165, 1.54) is 5.56 Å². The van der Waals surface area contributed by atoms with Gasteiger partial charge in [-0.25, -0.2) is 0 Å². The molecule has 2 fully saturated rings. The molecule has 7 nitrogen and oxygen atoms in total. The predicted octanol–water partition coefficient (Wildman–Crippen LogP) is 3.25. The van der Waals surface area contributed by atoms with Gasteiger partial charge in [0, 0.05) is 19.6 Å². The summed E-state index contributed by atoms with van der Waals surface area (Å²) < 4.78 is 5.94. The summed E-state index contributed by atoms with van der Waals surface area (Å²) in [4.78, 5) is 30.9. The van der Waals surface area contributed by atoms with Crippen molar-refractivity contribution in [1.82, 2.24) is 10.3 Å². The summed E-state index contributed by atoms with van der Waals surface area (Å²) >= 11 is 0. The molecule has 0 bridgehead atoms. The van der Waals surface area contributed by atoms with Gasteiger partial charge in [-0.05, 0) is 48.3 Å². The number of carbonyl (C=O) groups excluding carboxylic acids is 1. The van der Waals surface area contributed by atoms with Crippen molar-refractivity contribution in [2.75, 3.05) is 31.1 Å². The Kier molecular flexibility index (Phi) is 6.63. The van der Waals surface area contributed by atoms with Crippen LogP contribution in [0.2, 0.25) is 0 Å². The maximum atomic E-state index is 12.9. The molecule has 170 valence electrons. The maximum absolute atomic E-state index is 12.9. The molecule has 32 heavy (non-hydrogen) atoms. The van der Waals surface area contributed by atoms with Crippen LogP contribution in [0, 0.1) is 23.7 Å². The fourth-order valence-electron chi connectivity index (χ4n) is 4.42. The minimum absolute atomic E-state index is 0.195. The van der Waals surface area contributed by atoms with Crippen molar-refractivity contribution >= 4 is 17.7 Å². The van der Waals surface area contributed by atoms with Gasteiger partial charge in [0.2, 0.25) is 5.88 Å². The number of hydrogen-bond acceptors (Lipinski definition) is 5. The summed E-state index contributed by atoms with van der Waals surface area (Å²) in [6.45, 7) is 6.64. The Morgan fingerprint density at radius 3 is 2.53 bits per heavy atom. The number of carbonyl (C=O) groups is 2. The summed E-state index contributed by atoms with van der Waals surface area (Å²) in [5, 5.41) is 12.2. The zero-order valence-corrected chi connectivity index (χ0v) is 18.7. The number of hydrogen-bond donors (Lipinski definition) is 2. The van der Waals surface area contributed by atoms with Crippen LogP contribution in [0.5, 0.6) is 5.88 Å². The first-order valence-corrected chi connectivity index (χ1v) is 11.4. The van der Waals surface area contributed by atoms with E-state index in [1.807, 2.05) is 36.4 Å². The van der Waals surface area contributed by atoms with E-state index in [0.717, 1.165) is 18.7 Å². The Balaban J connectivity index is 1.42. The number of anilines is 1. The molecule has 2 heterocycles. The highest BCUT2D eigenvalue weighted by molar-refractivity contribution is 5.96. The van der Waals surface area contributed by atoms with Crippen LogP contribution in [0.3, 0.4) is 0 Å². The molecule has 1 aromatic heterocycles. The third-order valence-corrected chi connectivity index (χ3v) is 6.37. The van der Waals surface area contributed by atoms with E-state index in [0.29, 0.717) is 43.6 Å². The number of nitrogens with one attached hydrogen (secondary N) is 1. The first-order valence-electron chi connectivity index (χ1n) is 11.4. The normalized spacial score (nSPS) is 21.3. The first kappa shape index (κ1) is 22.1. The van der Waals surface area contributed by atoms with Crippen LogP contribution in [-0.4, -0.2) is 48.2 Å². The monoisotopic (exact) mass is 437 g/mol. The molecule has 1 saturated carbocycles. The molecule has 1 amide bonds. The van der Waals surface area contributed by atoms with Crippen molar-refractivity contribution in [2.45, 2.75) is 26.7 Å². The third-order valence-electron chi connectivity index (χ3n) is 6.37. The maximum Gasteiger partial charge on any atom is 0.307 e. The highest BCUT2D eigenvalue weighted by Crippen LogP contribution is 2.52. The number of piperidine rings is 1. The molecule has 3 atom stereocenters. The van der Waals surface area contributed by atoms with Gasteiger partial charge in [-0.2, -0.15) is 4.98 Å². The molecule has 1 aromatic carbocycles. The number of benzene rings is 1. The second kappa shape index (κ2) is 9.59. The van der Waals surface area contributed by atoms with Crippen LogP contribution in [0.1, 0.15) is 36.2 Å². The molecule has 2 aromatic rings. The lowest BCUT2D eigenvalue weighted by atomic mass is 10.1.